The fourth-order valence-corrected chi connectivity index (χ4v) is 3.76. The van der Waals surface area contributed by atoms with E-state index < -0.39 is 0 Å². The Labute approximate surface area is 175 Å². The second-order valence-corrected chi connectivity index (χ2v) is 8.28. The van der Waals surface area contributed by atoms with Crippen molar-refractivity contribution in [3.05, 3.63) is 65.5 Å². The van der Waals surface area contributed by atoms with Crippen LogP contribution in [0.15, 0.2) is 53.7 Å². The number of hydrogen-bond acceptors (Lipinski definition) is 5. The van der Waals surface area contributed by atoms with E-state index in [1.54, 1.807) is 23.9 Å². The van der Waals surface area contributed by atoms with Crippen molar-refractivity contribution in [3.63, 3.8) is 0 Å². The Balaban J connectivity index is 2.03. The summed E-state index contributed by atoms with van der Waals surface area (Å²) in [5.41, 5.74) is 3.52. The summed E-state index contributed by atoms with van der Waals surface area (Å²) < 4.78 is 13.4. The number of aromatic nitrogens is 2. The fourth-order valence-electron chi connectivity index (χ4n) is 2.68. The monoisotopic (exact) mass is 406 g/mol. The van der Waals surface area contributed by atoms with Crippen molar-refractivity contribution in [1.82, 2.24) is 9.97 Å². The SMILES string of the molecule is Cc1ccc(Nc2nc(SCCC(C)C)nc(-c3ccc(F)cc3)c2C#N)cc1. The van der Waals surface area contributed by atoms with Crippen molar-refractivity contribution < 1.29 is 4.39 Å². The first-order chi connectivity index (χ1) is 14.0. The first-order valence-corrected chi connectivity index (χ1v) is 10.5. The Morgan fingerprint density at radius 2 is 1.76 bits per heavy atom. The molecule has 3 rings (SSSR count). The predicted molar refractivity (Wildman–Crippen MR) is 117 cm³/mol. The van der Waals surface area contributed by atoms with E-state index in [4.69, 9.17) is 0 Å². The molecule has 29 heavy (non-hydrogen) atoms. The lowest BCUT2D eigenvalue weighted by atomic mass is 10.1. The van der Waals surface area contributed by atoms with Gasteiger partial charge in [-0.05, 0) is 55.7 Å². The summed E-state index contributed by atoms with van der Waals surface area (Å²) in [6.45, 7) is 6.37. The van der Waals surface area contributed by atoms with Crippen molar-refractivity contribution in [2.75, 3.05) is 11.1 Å². The van der Waals surface area contributed by atoms with Crippen LogP contribution in [0.2, 0.25) is 0 Å². The average Bonchev–Trinajstić information content (AvgIpc) is 2.70. The summed E-state index contributed by atoms with van der Waals surface area (Å²) >= 11 is 1.56. The molecule has 0 saturated carbocycles. The highest BCUT2D eigenvalue weighted by Gasteiger charge is 2.17. The van der Waals surface area contributed by atoms with E-state index in [9.17, 15) is 9.65 Å². The van der Waals surface area contributed by atoms with Gasteiger partial charge in [-0.1, -0.05) is 43.3 Å². The Kier molecular flexibility index (Phi) is 6.84. The van der Waals surface area contributed by atoms with Gasteiger partial charge in [0.15, 0.2) is 11.0 Å². The van der Waals surface area contributed by atoms with Gasteiger partial charge in [0.2, 0.25) is 0 Å². The van der Waals surface area contributed by atoms with Gasteiger partial charge in [0.25, 0.3) is 0 Å². The molecule has 2 aromatic carbocycles. The summed E-state index contributed by atoms with van der Waals surface area (Å²) in [5, 5.41) is 13.7. The minimum Gasteiger partial charge on any atom is -0.339 e. The van der Waals surface area contributed by atoms with E-state index in [0.29, 0.717) is 33.7 Å². The van der Waals surface area contributed by atoms with Crippen LogP contribution in [0, 0.1) is 30.0 Å². The Hall–Kier alpha value is -2.91. The molecule has 1 N–H and O–H groups in total. The van der Waals surface area contributed by atoms with E-state index in [-0.39, 0.29) is 5.82 Å². The molecule has 0 aliphatic heterocycles. The van der Waals surface area contributed by atoms with Crippen LogP contribution in [-0.4, -0.2) is 15.7 Å². The largest absolute Gasteiger partial charge is 0.339 e. The zero-order valence-electron chi connectivity index (χ0n) is 16.7. The molecule has 0 amide bonds. The second-order valence-electron chi connectivity index (χ2n) is 7.22. The first-order valence-electron chi connectivity index (χ1n) is 9.51. The van der Waals surface area contributed by atoms with Crippen molar-refractivity contribution in [3.8, 4) is 17.3 Å². The fraction of sp³-hybridized carbons (Fsp3) is 0.261. The van der Waals surface area contributed by atoms with Gasteiger partial charge in [-0.15, -0.1) is 0 Å². The molecule has 0 saturated heterocycles. The van der Waals surface area contributed by atoms with E-state index in [1.165, 1.54) is 12.1 Å². The lowest BCUT2D eigenvalue weighted by Crippen LogP contribution is -2.04. The molecule has 1 heterocycles. The van der Waals surface area contributed by atoms with E-state index in [2.05, 4.69) is 35.2 Å². The maximum absolute atomic E-state index is 13.4. The van der Waals surface area contributed by atoms with Crippen LogP contribution < -0.4 is 5.32 Å². The van der Waals surface area contributed by atoms with E-state index >= 15 is 0 Å². The Morgan fingerprint density at radius 3 is 2.38 bits per heavy atom. The Bertz CT molecular complexity index is 1010. The molecule has 4 nitrogen and oxygen atoms in total. The third kappa shape index (κ3) is 5.55. The van der Waals surface area contributed by atoms with Gasteiger partial charge in [-0.2, -0.15) is 5.26 Å². The number of benzene rings is 2. The molecule has 0 aliphatic rings. The molecule has 148 valence electrons. The Morgan fingerprint density at radius 1 is 1.07 bits per heavy atom. The molecule has 0 fully saturated rings. The minimum atomic E-state index is -0.328. The molecule has 0 radical (unpaired) electrons. The van der Waals surface area contributed by atoms with Crippen LogP contribution in [0.5, 0.6) is 0 Å². The smallest absolute Gasteiger partial charge is 0.190 e. The number of nitrogens with zero attached hydrogens (tertiary/aromatic N) is 3. The molecule has 0 bridgehead atoms. The highest BCUT2D eigenvalue weighted by atomic mass is 32.2. The minimum absolute atomic E-state index is 0.328. The number of rotatable bonds is 7. The van der Waals surface area contributed by atoms with Crippen LogP contribution in [0.4, 0.5) is 15.9 Å². The van der Waals surface area contributed by atoms with Crippen LogP contribution in [0.25, 0.3) is 11.3 Å². The van der Waals surface area contributed by atoms with Crippen LogP contribution in [-0.2, 0) is 0 Å². The number of aryl methyl sites for hydroxylation is 1. The molecule has 0 aliphatic carbocycles. The molecule has 0 spiro atoms. The molecule has 0 unspecified atom stereocenters. The van der Waals surface area contributed by atoms with E-state index in [0.717, 1.165) is 23.4 Å². The van der Waals surface area contributed by atoms with Crippen LogP contribution >= 0.6 is 11.8 Å². The van der Waals surface area contributed by atoms with E-state index in [1.807, 2.05) is 31.2 Å². The van der Waals surface area contributed by atoms with Gasteiger partial charge in [-0.3, -0.25) is 0 Å². The van der Waals surface area contributed by atoms with Gasteiger partial charge in [0.05, 0.1) is 5.69 Å². The van der Waals surface area contributed by atoms with Gasteiger partial charge >= 0.3 is 0 Å². The summed E-state index contributed by atoms with van der Waals surface area (Å²) in [6, 6.07) is 16.1. The maximum Gasteiger partial charge on any atom is 0.190 e. The lowest BCUT2D eigenvalue weighted by molar-refractivity contribution is 0.628. The van der Waals surface area contributed by atoms with Gasteiger partial charge in [0, 0.05) is 17.0 Å². The first kappa shape index (κ1) is 20.8. The van der Waals surface area contributed by atoms with Crippen molar-refractivity contribution in [2.24, 2.45) is 5.92 Å². The zero-order chi connectivity index (χ0) is 20.8. The van der Waals surface area contributed by atoms with Crippen molar-refractivity contribution in [2.45, 2.75) is 32.3 Å². The highest BCUT2D eigenvalue weighted by molar-refractivity contribution is 7.99. The summed E-state index contributed by atoms with van der Waals surface area (Å²) in [7, 11) is 0. The van der Waals surface area contributed by atoms with Crippen LogP contribution in [0.3, 0.4) is 0 Å². The number of thioether (sulfide) groups is 1. The van der Waals surface area contributed by atoms with Crippen LogP contribution in [0.1, 0.15) is 31.4 Å². The third-order valence-corrected chi connectivity index (χ3v) is 5.24. The normalized spacial score (nSPS) is 10.8. The van der Waals surface area contributed by atoms with Gasteiger partial charge in [0.1, 0.15) is 17.4 Å². The molecular weight excluding hydrogens is 383 g/mol. The molecule has 0 atom stereocenters. The number of nitrogens with one attached hydrogen (secondary N) is 1. The number of hydrogen-bond donors (Lipinski definition) is 1. The molecule has 1 aromatic heterocycles. The highest BCUT2D eigenvalue weighted by Crippen LogP contribution is 2.31. The number of halogens is 1. The third-order valence-electron chi connectivity index (χ3n) is 4.36. The lowest BCUT2D eigenvalue weighted by Gasteiger charge is -2.13. The number of nitriles is 1. The molecular formula is C23H23FN4S. The van der Waals surface area contributed by atoms with Crippen molar-refractivity contribution >= 4 is 23.3 Å². The van der Waals surface area contributed by atoms with Gasteiger partial charge in [-0.25, -0.2) is 14.4 Å². The molecule has 6 heteroatoms. The topological polar surface area (TPSA) is 61.6 Å². The van der Waals surface area contributed by atoms with Crippen molar-refractivity contribution in [1.29, 1.82) is 5.26 Å². The molecule has 3 aromatic rings. The predicted octanol–water partition coefficient (Wildman–Crippen LogP) is 6.34. The summed E-state index contributed by atoms with van der Waals surface area (Å²) in [5.74, 6) is 1.60. The maximum atomic E-state index is 13.4. The zero-order valence-corrected chi connectivity index (χ0v) is 17.6. The van der Waals surface area contributed by atoms with Gasteiger partial charge < -0.3 is 5.32 Å². The average molecular weight is 407 g/mol. The quantitative estimate of drug-likeness (QED) is 0.366. The standard InChI is InChI=1S/C23H23FN4S/c1-15(2)12-13-29-23-27-21(17-6-8-18(24)9-7-17)20(14-25)22(28-23)26-19-10-4-16(3)5-11-19/h4-11,15H,12-13H2,1-3H3,(H,26,27,28). The number of anilines is 2. The summed E-state index contributed by atoms with van der Waals surface area (Å²) in [4.78, 5) is 9.23. The summed E-state index contributed by atoms with van der Waals surface area (Å²) in [6.07, 6.45) is 1.04. The second kappa shape index (κ2) is 9.53.